The largest absolute Gasteiger partial charge is 0.312 e. The van der Waals surface area contributed by atoms with Gasteiger partial charge in [-0.3, -0.25) is 0 Å². The van der Waals surface area contributed by atoms with Crippen LogP contribution < -0.4 is 5.32 Å². The van der Waals surface area contributed by atoms with E-state index in [0.29, 0.717) is 11.6 Å². The number of hydrogen-bond donors (Lipinski definition) is 1. The normalized spacial score (nSPS) is 28.8. The summed E-state index contributed by atoms with van der Waals surface area (Å²) in [4.78, 5) is 2.54. The molecule has 1 aliphatic carbocycles. The topological polar surface area (TPSA) is 15.3 Å². The Bertz CT molecular complexity index is 252. The van der Waals surface area contributed by atoms with Crippen molar-refractivity contribution in [3.05, 3.63) is 0 Å². The highest BCUT2D eigenvalue weighted by atomic mass is 15.2. The third-order valence-electron chi connectivity index (χ3n) is 5.34. The van der Waals surface area contributed by atoms with Crippen molar-refractivity contribution in [2.75, 3.05) is 20.6 Å². The first-order valence-electron chi connectivity index (χ1n) is 8.97. The standard InChI is InChI=1S/C18H38N2/c1-6-8-9-10-13-17(19-7-2)18(20(4)5)14-11-12-16(3)15-18/h16-17,19H,6-15H2,1-5H3. The maximum atomic E-state index is 3.83. The molecule has 2 nitrogen and oxygen atoms in total. The molecule has 3 atom stereocenters. The molecule has 0 heterocycles. The van der Waals surface area contributed by atoms with E-state index in [0.717, 1.165) is 12.5 Å². The maximum Gasteiger partial charge on any atom is 0.0358 e. The lowest BCUT2D eigenvalue weighted by molar-refractivity contribution is 0.0340. The molecule has 0 spiro atoms. The fourth-order valence-electron chi connectivity index (χ4n) is 4.18. The summed E-state index contributed by atoms with van der Waals surface area (Å²) in [5, 5.41) is 3.83. The van der Waals surface area contributed by atoms with Gasteiger partial charge in [-0.2, -0.15) is 0 Å². The molecule has 0 saturated heterocycles. The number of unbranched alkanes of at least 4 members (excludes halogenated alkanes) is 3. The highest BCUT2D eigenvalue weighted by molar-refractivity contribution is 5.01. The molecule has 3 unspecified atom stereocenters. The molecular weight excluding hydrogens is 244 g/mol. The summed E-state index contributed by atoms with van der Waals surface area (Å²) in [7, 11) is 4.60. The molecule has 0 aromatic rings. The summed E-state index contributed by atoms with van der Waals surface area (Å²) < 4.78 is 0. The first-order chi connectivity index (χ1) is 9.56. The van der Waals surface area contributed by atoms with Crippen molar-refractivity contribution >= 4 is 0 Å². The zero-order valence-electron chi connectivity index (χ0n) is 14.7. The molecule has 0 aromatic heterocycles. The summed E-state index contributed by atoms with van der Waals surface area (Å²) >= 11 is 0. The molecule has 0 amide bonds. The summed E-state index contributed by atoms with van der Waals surface area (Å²) in [5.41, 5.74) is 0.389. The SMILES string of the molecule is CCCCCCC(NCC)C1(N(C)C)CCCC(C)C1. The van der Waals surface area contributed by atoms with Crippen molar-refractivity contribution in [1.29, 1.82) is 0 Å². The minimum Gasteiger partial charge on any atom is -0.312 e. The van der Waals surface area contributed by atoms with Gasteiger partial charge >= 0.3 is 0 Å². The number of hydrogen-bond acceptors (Lipinski definition) is 2. The van der Waals surface area contributed by atoms with Gasteiger partial charge in [0.25, 0.3) is 0 Å². The van der Waals surface area contributed by atoms with Gasteiger partial charge in [-0.25, -0.2) is 0 Å². The van der Waals surface area contributed by atoms with E-state index in [1.165, 1.54) is 57.8 Å². The van der Waals surface area contributed by atoms with Gasteiger partial charge in [-0.1, -0.05) is 59.3 Å². The van der Waals surface area contributed by atoms with E-state index in [9.17, 15) is 0 Å². The van der Waals surface area contributed by atoms with E-state index in [2.05, 4.69) is 45.1 Å². The van der Waals surface area contributed by atoms with Crippen LogP contribution in [0.1, 0.15) is 78.6 Å². The second kappa shape index (κ2) is 9.04. The van der Waals surface area contributed by atoms with Crippen LogP contribution in [0.4, 0.5) is 0 Å². The first kappa shape index (κ1) is 18.0. The lowest BCUT2D eigenvalue weighted by Gasteiger charge is -2.50. The Labute approximate surface area is 127 Å². The van der Waals surface area contributed by atoms with E-state index in [1.807, 2.05) is 0 Å². The van der Waals surface area contributed by atoms with E-state index in [1.54, 1.807) is 0 Å². The Hall–Kier alpha value is -0.0800. The molecule has 20 heavy (non-hydrogen) atoms. The van der Waals surface area contributed by atoms with E-state index < -0.39 is 0 Å². The average molecular weight is 283 g/mol. The minimum absolute atomic E-state index is 0.389. The van der Waals surface area contributed by atoms with Crippen molar-refractivity contribution in [3.63, 3.8) is 0 Å². The quantitative estimate of drug-likeness (QED) is 0.629. The van der Waals surface area contributed by atoms with Gasteiger partial charge in [0.15, 0.2) is 0 Å². The number of rotatable bonds is 9. The molecule has 2 heteroatoms. The van der Waals surface area contributed by atoms with E-state index >= 15 is 0 Å². The van der Waals surface area contributed by atoms with Gasteiger partial charge in [0, 0.05) is 11.6 Å². The molecule has 1 rings (SSSR count). The molecule has 1 N–H and O–H groups in total. The average Bonchev–Trinajstić information content (AvgIpc) is 2.42. The fourth-order valence-corrected chi connectivity index (χ4v) is 4.18. The molecule has 1 saturated carbocycles. The number of nitrogens with one attached hydrogen (secondary N) is 1. The van der Waals surface area contributed by atoms with Gasteiger partial charge < -0.3 is 10.2 Å². The fraction of sp³-hybridized carbons (Fsp3) is 1.00. The van der Waals surface area contributed by atoms with Gasteiger partial charge in [0.1, 0.15) is 0 Å². The molecular formula is C18H38N2. The molecule has 1 fully saturated rings. The summed E-state index contributed by atoms with van der Waals surface area (Å²) in [6.07, 6.45) is 12.4. The number of likely N-dealkylation sites (N-methyl/N-ethyl adjacent to an activating group) is 2. The minimum atomic E-state index is 0.389. The van der Waals surface area contributed by atoms with E-state index in [-0.39, 0.29) is 0 Å². The van der Waals surface area contributed by atoms with Crippen LogP contribution in [0.5, 0.6) is 0 Å². The predicted octanol–water partition coefficient (Wildman–Crippen LogP) is 4.45. The van der Waals surface area contributed by atoms with Gasteiger partial charge in [0.2, 0.25) is 0 Å². The van der Waals surface area contributed by atoms with Crippen molar-refractivity contribution in [3.8, 4) is 0 Å². The van der Waals surface area contributed by atoms with Crippen LogP contribution in [0.25, 0.3) is 0 Å². The Balaban J connectivity index is 2.71. The summed E-state index contributed by atoms with van der Waals surface area (Å²) in [5.74, 6) is 0.878. The van der Waals surface area contributed by atoms with Gasteiger partial charge in [-0.15, -0.1) is 0 Å². The van der Waals surface area contributed by atoms with Crippen LogP contribution in [0.2, 0.25) is 0 Å². The van der Waals surface area contributed by atoms with Crippen LogP contribution in [-0.4, -0.2) is 37.1 Å². The van der Waals surface area contributed by atoms with Gasteiger partial charge in [0.05, 0.1) is 0 Å². The van der Waals surface area contributed by atoms with Crippen LogP contribution in [0.3, 0.4) is 0 Å². The highest BCUT2D eigenvalue weighted by Gasteiger charge is 2.42. The molecule has 120 valence electrons. The monoisotopic (exact) mass is 282 g/mol. The van der Waals surface area contributed by atoms with Crippen molar-refractivity contribution < 1.29 is 0 Å². The zero-order valence-corrected chi connectivity index (χ0v) is 14.7. The van der Waals surface area contributed by atoms with Crippen molar-refractivity contribution in [1.82, 2.24) is 10.2 Å². The van der Waals surface area contributed by atoms with Crippen LogP contribution >= 0.6 is 0 Å². The Morgan fingerprint density at radius 2 is 1.95 bits per heavy atom. The number of nitrogens with zero attached hydrogens (tertiary/aromatic N) is 1. The Kier molecular flexibility index (Phi) is 8.13. The summed E-state index contributed by atoms with van der Waals surface area (Å²) in [6.45, 7) is 8.10. The lowest BCUT2D eigenvalue weighted by atomic mass is 9.70. The van der Waals surface area contributed by atoms with Crippen LogP contribution in [0, 0.1) is 5.92 Å². The molecule has 0 aromatic carbocycles. The summed E-state index contributed by atoms with van der Waals surface area (Å²) in [6, 6.07) is 0.669. The molecule has 0 radical (unpaired) electrons. The lowest BCUT2D eigenvalue weighted by Crippen LogP contribution is -2.60. The third kappa shape index (κ3) is 4.73. The zero-order chi connectivity index (χ0) is 15.0. The Morgan fingerprint density at radius 1 is 1.20 bits per heavy atom. The molecule has 0 aliphatic heterocycles. The predicted molar refractivity (Wildman–Crippen MR) is 90.3 cm³/mol. The van der Waals surface area contributed by atoms with Crippen molar-refractivity contribution in [2.45, 2.75) is 90.1 Å². The first-order valence-corrected chi connectivity index (χ1v) is 8.97. The molecule has 1 aliphatic rings. The van der Waals surface area contributed by atoms with Gasteiger partial charge in [-0.05, 0) is 45.8 Å². The molecule has 0 bridgehead atoms. The van der Waals surface area contributed by atoms with Crippen molar-refractivity contribution in [2.24, 2.45) is 5.92 Å². The smallest absolute Gasteiger partial charge is 0.0358 e. The van der Waals surface area contributed by atoms with Crippen LogP contribution in [0.15, 0.2) is 0 Å². The maximum absolute atomic E-state index is 3.83. The third-order valence-corrected chi connectivity index (χ3v) is 5.34. The van der Waals surface area contributed by atoms with Crippen LogP contribution in [-0.2, 0) is 0 Å². The van der Waals surface area contributed by atoms with E-state index in [4.69, 9.17) is 0 Å². The Morgan fingerprint density at radius 3 is 2.50 bits per heavy atom. The second-order valence-corrected chi connectivity index (χ2v) is 7.16. The second-order valence-electron chi connectivity index (χ2n) is 7.16. The highest BCUT2D eigenvalue weighted by Crippen LogP contribution is 2.39.